The third-order valence-electron chi connectivity index (χ3n) is 7.05. The topological polar surface area (TPSA) is 25.8 Å². The second-order valence-corrected chi connectivity index (χ2v) is 9.58. The molecule has 30 heavy (non-hydrogen) atoms. The first-order valence-corrected chi connectivity index (χ1v) is 10.9. The summed E-state index contributed by atoms with van der Waals surface area (Å²) in [7, 11) is 0. The first kappa shape index (κ1) is 19.0. The standard InChI is InChI=1S/C28H28N2/c1-27(2,3)28(15-7-16-28)23-12-10-21(11-13-23)26-24(20-8-5-4-6-9-20)18-22-19-29-17-14-25(22)30-26/h4-6,8-14,17-19H,7,15-16H2,1-3H3. The molecule has 0 aliphatic heterocycles. The van der Waals surface area contributed by atoms with Gasteiger partial charge in [-0.1, -0.05) is 81.8 Å². The van der Waals surface area contributed by atoms with E-state index in [9.17, 15) is 0 Å². The molecule has 2 heteroatoms. The number of pyridine rings is 2. The molecule has 0 saturated heterocycles. The Morgan fingerprint density at radius 2 is 1.57 bits per heavy atom. The Labute approximate surface area is 179 Å². The molecule has 2 nitrogen and oxygen atoms in total. The predicted molar refractivity (Wildman–Crippen MR) is 125 cm³/mol. The van der Waals surface area contributed by atoms with Crippen LogP contribution in [0.15, 0.2) is 79.1 Å². The van der Waals surface area contributed by atoms with Crippen LogP contribution in [0.1, 0.15) is 45.6 Å². The van der Waals surface area contributed by atoms with E-state index in [0.29, 0.717) is 5.41 Å². The molecule has 2 heterocycles. The zero-order valence-electron chi connectivity index (χ0n) is 18.0. The summed E-state index contributed by atoms with van der Waals surface area (Å²) in [6.07, 6.45) is 7.61. The Kier molecular flexibility index (Phi) is 4.47. The highest BCUT2D eigenvalue weighted by atomic mass is 14.7. The Hall–Kier alpha value is -3.00. The molecule has 0 radical (unpaired) electrons. The van der Waals surface area contributed by atoms with Gasteiger partial charge in [0, 0.05) is 34.3 Å². The van der Waals surface area contributed by atoms with Crippen molar-refractivity contribution < 1.29 is 0 Å². The molecule has 1 fully saturated rings. The molecule has 1 saturated carbocycles. The minimum atomic E-state index is 0.274. The molecule has 0 bridgehead atoms. The van der Waals surface area contributed by atoms with Crippen LogP contribution in [0.5, 0.6) is 0 Å². The van der Waals surface area contributed by atoms with Crippen molar-refractivity contribution >= 4 is 10.9 Å². The number of fused-ring (bicyclic) bond motifs is 1. The Balaban J connectivity index is 1.64. The Morgan fingerprint density at radius 1 is 0.833 bits per heavy atom. The minimum Gasteiger partial charge on any atom is -0.264 e. The van der Waals surface area contributed by atoms with Gasteiger partial charge in [0.1, 0.15) is 0 Å². The molecule has 2 aromatic heterocycles. The fraction of sp³-hybridized carbons (Fsp3) is 0.286. The van der Waals surface area contributed by atoms with Crippen LogP contribution >= 0.6 is 0 Å². The van der Waals surface area contributed by atoms with Gasteiger partial charge in [0.2, 0.25) is 0 Å². The summed E-state index contributed by atoms with van der Waals surface area (Å²) in [6, 6.07) is 23.9. The van der Waals surface area contributed by atoms with Crippen LogP contribution in [-0.2, 0) is 5.41 Å². The van der Waals surface area contributed by atoms with Crippen molar-refractivity contribution in [1.82, 2.24) is 9.97 Å². The smallest absolute Gasteiger partial charge is 0.0788 e. The average molecular weight is 393 g/mol. The molecule has 1 aliphatic rings. The first-order chi connectivity index (χ1) is 14.5. The normalized spacial score (nSPS) is 15.7. The van der Waals surface area contributed by atoms with Crippen molar-refractivity contribution in [2.24, 2.45) is 5.41 Å². The van der Waals surface area contributed by atoms with Gasteiger partial charge < -0.3 is 0 Å². The number of rotatable bonds is 3. The highest BCUT2D eigenvalue weighted by Crippen LogP contribution is 2.55. The molecule has 0 amide bonds. The lowest BCUT2D eigenvalue weighted by Gasteiger charge is -2.52. The van der Waals surface area contributed by atoms with Gasteiger partial charge in [-0.15, -0.1) is 0 Å². The molecule has 0 N–H and O–H groups in total. The van der Waals surface area contributed by atoms with Gasteiger partial charge in [-0.3, -0.25) is 4.98 Å². The minimum absolute atomic E-state index is 0.274. The second-order valence-electron chi connectivity index (χ2n) is 9.58. The van der Waals surface area contributed by atoms with Crippen LogP contribution in [-0.4, -0.2) is 9.97 Å². The van der Waals surface area contributed by atoms with Gasteiger partial charge in [0.05, 0.1) is 11.2 Å². The molecule has 5 rings (SSSR count). The molecule has 1 aliphatic carbocycles. The fourth-order valence-electron chi connectivity index (χ4n) is 5.02. The summed E-state index contributed by atoms with van der Waals surface area (Å²) in [5.74, 6) is 0. The molecular formula is C28H28N2. The number of nitrogens with zero attached hydrogens (tertiary/aromatic N) is 2. The lowest BCUT2D eigenvalue weighted by atomic mass is 9.52. The molecule has 0 unspecified atom stereocenters. The zero-order valence-corrected chi connectivity index (χ0v) is 18.0. The van der Waals surface area contributed by atoms with Gasteiger partial charge in [-0.2, -0.15) is 0 Å². The molecule has 2 aromatic carbocycles. The lowest BCUT2D eigenvalue weighted by molar-refractivity contribution is 0.0852. The van der Waals surface area contributed by atoms with Crippen molar-refractivity contribution in [2.75, 3.05) is 0 Å². The van der Waals surface area contributed by atoms with E-state index < -0.39 is 0 Å². The molecule has 0 spiro atoms. The number of aromatic nitrogens is 2. The third-order valence-corrected chi connectivity index (χ3v) is 7.05. The van der Waals surface area contributed by atoms with Crippen LogP contribution in [0, 0.1) is 5.41 Å². The highest BCUT2D eigenvalue weighted by molar-refractivity contribution is 5.91. The van der Waals surface area contributed by atoms with Crippen molar-refractivity contribution in [3.8, 4) is 22.4 Å². The van der Waals surface area contributed by atoms with Crippen molar-refractivity contribution in [2.45, 2.75) is 45.4 Å². The van der Waals surface area contributed by atoms with Crippen molar-refractivity contribution in [3.63, 3.8) is 0 Å². The maximum Gasteiger partial charge on any atom is 0.0788 e. The van der Waals surface area contributed by atoms with Crippen LogP contribution in [0.2, 0.25) is 0 Å². The van der Waals surface area contributed by atoms with Gasteiger partial charge >= 0.3 is 0 Å². The van der Waals surface area contributed by atoms with E-state index >= 15 is 0 Å². The Bertz CT molecular complexity index is 1180. The molecule has 150 valence electrons. The quantitative estimate of drug-likeness (QED) is 0.362. The zero-order chi connectivity index (χ0) is 20.8. The van der Waals surface area contributed by atoms with Gasteiger partial charge in [-0.05, 0) is 41.5 Å². The van der Waals surface area contributed by atoms with Gasteiger partial charge in [0.25, 0.3) is 0 Å². The molecular weight excluding hydrogens is 364 g/mol. The molecule has 0 atom stereocenters. The maximum atomic E-state index is 5.06. The van der Waals surface area contributed by atoms with E-state index in [1.165, 1.54) is 36.0 Å². The summed E-state index contributed by atoms with van der Waals surface area (Å²) in [6.45, 7) is 7.14. The third kappa shape index (κ3) is 3.02. The maximum absolute atomic E-state index is 5.06. The summed E-state index contributed by atoms with van der Waals surface area (Å²) in [5, 5.41) is 1.07. The Morgan fingerprint density at radius 3 is 2.20 bits per heavy atom. The van der Waals surface area contributed by atoms with E-state index in [-0.39, 0.29) is 5.41 Å². The monoisotopic (exact) mass is 392 g/mol. The summed E-state index contributed by atoms with van der Waals surface area (Å²) in [5.41, 5.74) is 7.56. The van der Waals surface area contributed by atoms with Crippen LogP contribution < -0.4 is 0 Å². The predicted octanol–water partition coefficient (Wildman–Crippen LogP) is 7.43. The number of benzene rings is 2. The van der Waals surface area contributed by atoms with E-state index in [4.69, 9.17) is 4.98 Å². The van der Waals surface area contributed by atoms with E-state index in [2.05, 4.69) is 86.4 Å². The summed E-state index contributed by atoms with van der Waals surface area (Å²) in [4.78, 5) is 9.34. The second kappa shape index (κ2) is 7.05. The van der Waals surface area contributed by atoms with Crippen molar-refractivity contribution in [1.29, 1.82) is 0 Å². The van der Waals surface area contributed by atoms with Crippen molar-refractivity contribution in [3.05, 3.63) is 84.7 Å². The molecule has 4 aromatic rings. The van der Waals surface area contributed by atoms with E-state index in [0.717, 1.165) is 22.2 Å². The summed E-state index contributed by atoms with van der Waals surface area (Å²) >= 11 is 0. The average Bonchev–Trinajstić information content (AvgIpc) is 2.72. The highest BCUT2D eigenvalue weighted by Gasteiger charge is 2.47. The largest absolute Gasteiger partial charge is 0.264 e. The lowest BCUT2D eigenvalue weighted by Crippen LogP contribution is -2.45. The fourth-order valence-corrected chi connectivity index (χ4v) is 5.02. The van der Waals surface area contributed by atoms with Gasteiger partial charge in [0.15, 0.2) is 0 Å². The number of hydrogen-bond donors (Lipinski definition) is 0. The SMILES string of the molecule is CC(C)(C)C1(c2ccc(-c3nc4ccncc4cc3-c3ccccc3)cc2)CCC1. The van der Waals surface area contributed by atoms with E-state index in [1.807, 2.05) is 18.5 Å². The van der Waals surface area contributed by atoms with Crippen LogP contribution in [0.4, 0.5) is 0 Å². The summed E-state index contributed by atoms with van der Waals surface area (Å²) < 4.78 is 0. The van der Waals surface area contributed by atoms with Gasteiger partial charge in [-0.25, -0.2) is 4.98 Å². The van der Waals surface area contributed by atoms with E-state index in [1.54, 1.807) is 0 Å². The van der Waals surface area contributed by atoms with Crippen LogP contribution in [0.25, 0.3) is 33.3 Å². The van der Waals surface area contributed by atoms with Crippen LogP contribution in [0.3, 0.4) is 0 Å². The number of hydrogen-bond acceptors (Lipinski definition) is 2. The first-order valence-electron chi connectivity index (χ1n) is 10.9.